The molecule has 1 N–H and O–H groups in total. The summed E-state index contributed by atoms with van der Waals surface area (Å²) >= 11 is 0. The molecule has 0 radical (unpaired) electrons. The highest BCUT2D eigenvalue weighted by Gasteiger charge is 2.26. The van der Waals surface area contributed by atoms with Crippen LogP contribution in [0, 0.1) is 5.82 Å². The van der Waals surface area contributed by atoms with Gasteiger partial charge < -0.3 is 19.4 Å². The van der Waals surface area contributed by atoms with Gasteiger partial charge in [-0.25, -0.2) is 9.18 Å². The van der Waals surface area contributed by atoms with Crippen LogP contribution in [0.3, 0.4) is 0 Å². The van der Waals surface area contributed by atoms with Crippen molar-refractivity contribution in [2.45, 2.75) is 40.2 Å². The largest absolute Gasteiger partial charge is 0.488 e. The Morgan fingerprint density at radius 3 is 2.39 bits per heavy atom. The van der Waals surface area contributed by atoms with Gasteiger partial charge in [0.15, 0.2) is 11.4 Å². The van der Waals surface area contributed by atoms with Crippen LogP contribution in [0.5, 0.6) is 5.75 Å². The van der Waals surface area contributed by atoms with Crippen molar-refractivity contribution in [1.29, 1.82) is 0 Å². The summed E-state index contributed by atoms with van der Waals surface area (Å²) in [5, 5.41) is 3.61. The fourth-order valence-corrected chi connectivity index (χ4v) is 3.48. The van der Waals surface area contributed by atoms with Crippen molar-refractivity contribution in [3.63, 3.8) is 0 Å². The Bertz CT molecular complexity index is 1120. The maximum atomic E-state index is 13.2. The van der Waals surface area contributed by atoms with Crippen molar-refractivity contribution in [2.24, 2.45) is 7.05 Å². The van der Waals surface area contributed by atoms with Gasteiger partial charge in [-0.2, -0.15) is 0 Å². The first-order valence-electron chi connectivity index (χ1n) is 10.3. The van der Waals surface area contributed by atoms with E-state index in [1.54, 1.807) is 18.5 Å². The second-order valence-corrected chi connectivity index (χ2v) is 7.46. The predicted octanol–water partition coefficient (Wildman–Crippen LogP) is 5.10. The minimum Gasteiger partial charge on any atom is -0.488 e. The third kappa shape index (κ3) is 4.55. The zero-order valence-corrected chi connectivity index (χ0v) is 18.4. The molecular formula is C24H27FN2O4. The fraction of sp³-hybridized carbons (Fsp3) is 0.333. The molecule has 2 aromatic carbocycles. The number of fused-ring (bicyclic) bond motifs is 1. The fourth-order valence-electron chi connectivity index (χ4n) is 3.48. The van der Waals surface area contributed by atoms with Crippen LogP contribution in [0.1, 0.15) is 54.1 Å². The van der Waals surface area contributed by atoms with E-state index in [1.807, 2.05) is 32.9 Å². The Kier molecular flexibility index (Phi) is 6.63. The van der Waals surface area contributed by atoms with Crippen LogP contribution in [-0.2, 0) is 18.2 Å². The monoisotopic (exact) mass is 426 g/mol. The maximum absolute atomic E-state index is 13.2. The predicted molar refractivity (Wildman–Crippen MR) is 118 cm³/mol. The molecule has 1 heterocycles. The van der Waals surface area contributed by atoms with Crippen LogP contribution in [0.15, 0.2) is 36.4 Å². The molecular weight excluding hydrogens is 399 g/mol. The molecule has 0 fully saturated rings. The lowest BCUT2D eigenvalue weighted by atomic mass is 10.1. The molecule has 0 saturated carbocycles. The first kappa shape index (κ1) is 22.3. The maximum Gasteiger partial charge on any atom is 0.358 e. The van der Waals surface area contributed by atoms with Crippen LogP contribution in [0.2, 0.25) is 0 Å². The summed E-state index contributed by atoms with van der Waals surface area (Å²) < 4.78 is 26.2. The third-order valence-corrected chi connectivity index (χ3v) is 4.94. The molecule has 1 amide bonds. The molecule has 0 aliphatic carbocycles. The molecule has 0 bridgehead atoms. The van der Waals surface area contributed by atoms with Crippen LogP contribution in [-0.4, -0.2) is 29.2 Å². The topological polar surface area (TPSA) is 69.6 Å². The molecule has 3 aromatic rings. The molecule has 1 aromatic heterocycles. The van der Waals surface area contributed by atoms with E-state index in [1.165, 1.54) is 24.3 Å². The van der Waals surface area contributed by atoms with E-state index in [0.29, 0.717) is 34.5 Å². The molecule has 0 unspecified atom stereocenters. The number of aryl methyl sites for hydroxylation is 2. The number of halogens is 1. The smallest absolute Gasteiger partial charge is 0.358 e. The summed E-state index contributed by atoms with van der Waals surface area (Å²) in [5.41, 5.74) is 2.99. The molecule has 164 valence electrons. The molecule has 3 rings (SSSR count). The number of anilines is 1. The van der Waals surface area contributed by atoms with E-state index < -0.39 is 11.8 Å². The Hall–Kier alpha value is -3.35. The number of nitrogens with one attached hydrogen (secondary N) is 1. The molecule has 0 aliphatic heterocycles. The van der Waals surface area contributed by atoms with E-state index in [0.717, 1.165) is 11.1 Å². The van der Waals surface area contributed by atoms with E-state index in [4.69, 9.17) is 9.47 Å². The third-order valence-electron chi connectivity index (χ3n) is 4.94. The second kappa shape index (κ2) is 9.20. The van der Waals surface area contributed by atoms with Gasteiger partial charge in [-0.1, -0.05) is 6.92 Å². The van der Waals surface area contributed by atoms with Crippen LogP contribution >= 0.6 is 0 Å². The van der Waals surface area contributed by atoms with Gasteiger partial charge in [-0.15, -0.1) is 0 Å². The molecule has 7 heteroatoms. The Labute approximate surface area is 181 Å². The summed E-state index contributed by atoms with van der Waals surface area (Å²) in [6, 6.07) is 9.11. The lowest BCUT2D eigenvalue weighted by Gasteiger charge is -2.13. The van der Waals surface area contributed by atoms with Gasteiger partial charge in [-0.3, -0.25) is 4.79 Å². The van der Waals surface area contributed by atoms with E-state index in [-0.39, 0.29) is 18.6 Å². The normalized spacial score (nSPS) is 11.1. The summed E-state index contributed by atoms with van der Waals surface area (Å²) in [6.07, 6.45) is 0.497. The van der Waals surface area contributed by atoms with Gasteiger partial charge in [0.05, 0.1) is 18.2 Å². The van der Waals surface area contributed by atoms with Gasteiger partial charge >= 0.3 is 5.97 Å². The molecule has 6 nitrogen and oxygen atoms in total. The quantitative estimate of drug-likeness (QED) is 0.534. The van der Waals surface area contributed by atoms with Gasteiger partial charge in [0.1, 0.15) is 5.82 Å². The molecule has 0 atom stereocenters. The second-order valence-electron chi connectivity index (χ2n) is 7.46. The van der Waals surface area contributed by atoms with Crippen molar-refractivity contribution >= 4 is 28.5 Å². The number of esters is 1. The van der Waals surface area contributed by atoms with E-state index >= 15 is 0 Å². The first-order chi connectivity index (χ1) is 14.8. The SMILES string of the molecule is CCOC(=O)c1c(OC(C)C)c2cc(NC(=O)c3ccc(F)cc3)c(CC)cc2n1C. The van der Waals surface area contributed by atoms with Crippen LogP contribution in [0.4, 0.5) is 10.1 Å². The summed E-state index contributed by atoms with van der Waals surface area (Å²) in [5.74, 6) is -0.793. The van der Waals surface area contributed by atoms with Gasteiger partial charge in [0, 0.05) is 23.7 Å². The molecule has 0 saturated heterocycles. The standard InChI is InChI=1S/C24H27FN2O4/c1-6-15-12-20-18(13-19(15)26-23(28)16-8-10-17(25)11-9-16)22(31-14(3)4)21(27(20)5)24(29)30-7-2/h8-14H,6-7H2,1-5H3,(H,26,28). The van der Waals surface area contributed by atoms with Crippen molar-refractivity contribution in [1.82, 2.24) is 4.57 Å². The van der Waals surface area contributed by atoms with E-state index in [9.17, 15) is 14.0 Å². The highest BCUT2D eigenvalue weighted by Crippen LogP contribution is 2.37. The van der Waals surface area contributed by atoms with Gasteiger partial charge in [0.25, 0.3) is 5.91 Å². The van der Waals surface area contributed by atoms with Crippen LogP contribution in [0.25, 0.3) is 10.9 Å². The number of rotatable bonds is 7. The number of amides is 1. The zero-order chi connectivity index (χ0) is 22.7. The van der Waals surface area contributed by atoms with Gasteiger partial charge in [-0.05, 0) is 69.2 Å². The average Bonchev–Trinajstić information content (AvgIpc) is 2.98. The molecule has 31 heavy (non-hydrogen) atoms. The lowest BCUT2D eigenvalue weighted by Crippen LogP contribution is -2.14. The number of nitrogens with zero attached hydrogens (tertiary/aromatic N) is 1. The van der Waals surface area contributed by atoms with Gasteiger partial charge in [0.2, 0.25) is 0 Å². The number of hydrogen-bond acceptors (Lipinski definition) is 4. The zero-order valence-electron chi connectivity index (χ0n) is 18.4. The summed E-state index contributed by atoms with van der Waals surface area (Å²) in [4.78, 5) is 25.4. The molecule has 0 aliphatic rings. The summed E-state index contributed by atoms with van der Waals surface area (Å²) in [7, 11) is 1.79. The average molecular weight is 426 g/mol. The highest BCUT2D eigenvalue weighted by atomic mass is 19.1. The summed E-state index contributed by atoms with van der Waals surface area (Å²) in [6.45, 7) is 7.74. The Morgan fingerprint density at radius 1 is 1.13 bits per heavy atom. The minimum absolute atomic E-state index is 0.165. The number of carbonyl (C=O) groups excluding carboxylic acids is 2. The number of ether oxygens (including phenoxy) is 2. The number of carbonyl (C=O) groups is 2. The number of hydrogen-bond donors (Lipinski definition) is 1. The van der Waals surface area contributed by atoms with Crippen molar-refractivity contribution in [2.75, 3.05) is 11.9 Å². The van der Waals surface area contributed by atoms with Crippen LogP contribution < -0.4 is 10.1 Å². The van der Waals surface area contributed by atoms with E-state index in [2.05, 4.69) is 5.32 Å². The van der Waals surface area contributed by atoms with Crippen molar-refractivity contribution < 1.29 is 23.5 Å². The van der Waals surface area contributed by atoms with Crippen molar-refractivity contribution in [3.8, 4) is 5.75 Å². The minimum atomic E-state index is -0.466. The lowest BCUT2D eigenvalue weighted by molar-refractivity contribution is 0.0509. The highest BCUT2D eigenvalue weighted by molar-refractivity contribution is 6.07. The number of aromatic nitrogens is 1. The first-order valence-corrected chi connectivity index (χ1v) is 10.3. The molecule has 0 spiro atoms. The Morgan fingerprint density at radius 2 is 1.81 bits per heavy atom. The Balaban J connectivity index is 2.13. The van der Waals surface area contributed by atoms with Crippen molar-refractivity contribution in [3.05, 3.63) is 59.0 Å². The number of benzene rings is 2.